The summed E-state index contributed by atoms with van der Waals surface area (Å²) in [7, 11) is -3.57. The van der Waals surface area contributed by atoms with Crippen LogP contribution in [0.25, 0.3) is 0 Å². The predicted molar refractivity (Wildman–Crippen MR) is 115 cm³/mol. The van der Waals surface area contributed by atoms with Crippen molar-refractivity contribution in [3.05, 3.63) is 40.0 Å². The maximum absolute atomic E-state index is 13.6. The van der Waals surface area contributed by atoms with Crippen LogP contribution in [0.3, 0.4) is 0 Å². The van der Waals surface area contributed by atoms with Gasteiger partial charge in [0.1, 0.15) is 11.6 Å². The quantitative estimate of drug-likeness (QED) is 0.740. The van der Waals surface area contributed by atoms with E-state index in [1.165, 1.54) is 0 Å². The van der Waals surface area contributed by atoms with Crippen molar-refractivity contribution < 1.29 is 13.2 Å². The normalized spacial score (nSPS) is 21.4. The largest absolute Gasteiger partial charge is 0.381 e. The summed E-state index contributed by atoms with van der Waals surface area (Å²) < 4.78 is 36.4. The van der Waals surface area contributed by atoms with Crippen LogP contribution in [-0.2, 0) is 14.8 Å². The molecule has 8 heteroatoms. The molecule has 2 fully saturated rings. The summed E-state index contributed by atoms with van der Waals surface area (Å²) in [5.41, 5.74) is 3.73. The average Bonchev–Trinajstić information content (AvgIpc) is 3.34. The van der Waals surface area contributed by atoms with Crippen LogP contribution < -0.4 is 0 Å². The molecule has 2 aliphatic heterocycles. The monoisotopic (exact) mass is 432 g/mol. The zero-order valence-corrected chi connectivity index (χ0v) is 19.4. The number of hydrogen-bond acceptors (Lipinski definition) is 5. The molecular weight excluding hydrogens is 400 g/mol. The Hall–Kier alpha value is -1.77. The summed E-state index contributed by atoms with van der Waals surface area (Å²) in [6, 6.07) is 2.08. The fourth-order valence-corrected chi connectivity index (χ4v) is 6.84. The SMILES string of the molecule is Cc1nc(C2CCOCC2)n(C2CCN(S(=O)(=O)c3c(C)c(C)cc(C)c3C)C2)n1. The Morgan fingerprint density at radius 3 is 2.27 bits per heavy atom. The lowest BCUT2D eigenvalue weighted by Crippen LogP contribution is -2.31. The molecule has 2 aromatic rings. The van der Waals surface area contributed by atoms with E-state index < -0.39 is 10.0 Å². The lowest BCUT2D eigenvalue weighted by molar-refractivity contribution is 0.0821. The molecule has 3 heterocycles. The lowest BCUT2D eigenvalue weighted by atomic mass is 9.99. The summed E-state index contributed by atoms with van der Waals surface area (Å²) >= 11 is 0. The van der Waals surface area contributed by atoms with E-state index in [2.05, 4.69) is 11.2 Å². The molecule has 7 nitrogen and oxygen atoms in total. The van der Waals surface area contributed by atoms with Crippen LogP contribution in [0.4, 0.5) is 0 Å². The van der Waals surface area contributed by atoms with Gasteiger partial charge < -0.3 is 4.74 Å². The fraction of sp³-hybridized carbons (Fsp3) is 0.636. The molecule has 0 bridgehead atoms. The van der Waals surface area contributed by atoms with E-state index in [0.29, 0.717) is 23.9 Å². The Labute approximate surface area is 179 Å². The van der Waals surface area contributed by atoms with E-state index in [0.717, 1.165) is 66.4 Å². The van der Waals surface area contributed by atoms with Gasteiger partial charge in [-0.2, -0.15) is 9.40 Å². The standard InChI is InChI=1S/C22H32N4O3S/c1-14-12-15(2)17(4)21(16(14)3)30(27,28)25-9-6-20(13-25)26-22(23-18(5)24-26)19-7-10-29-11-8-19/h12,19-20H,6-11,13H2,1-5H3. The summed E-state index contributed by atoms with van der Waals surface area (Å²) in [5.74, 6) is 2.06. The Kier molecular flexibility index (Phi) is 5.76. The second-order valence-electron chi connectivity index (χ2n) is 8.74. The number of ether oxygens (including phenoxy) is 1. The number of sulfonamides is 1. The van der Waals surface area contributed by atoms with E-state index in [9.17, 15) is 8.42 Å². The molecule has 1 aromatic heterocycles. The molecule has 0 N–H and O–H groups in total. The van der Waals surface area contributed by atoms with Gasteiger partial charge in [-0.05, 0) is 76.1 Å². The zero-order chi connectivity index (χ0) is 21.6. The molecule has 0 spiro atoms. The van der Waals surface area contributed by atoms with Gasteiger partial charge in [0.25, 0.3) is 0 Å². The first-order valence-electron chi connectivity index (χ1n) is 10.8. The van der Waals surface area contributed by atoms with E-state index in [4.69, 9.17) is 9.72 Å². The summed E-state index contributed by atoms with van der Waals surface area (Å²) in [4.78, 5) is 5.18. The third-order valence-corrected chi connectivity index (χ3v) is 8.86. The molecule has 1 aromatic carbocycles. The maximum atomic E-state index is 13.6. The van der Waals surface area contributed by atoms with Crippen LogP contribution in [0.5, 0.6) is 0 Å². The van der Waals surface area contributed by atoms with Crippen molar-refractivity contribution in [2.45, 2.75) is 70.7 Å². The van der Waals surface area contributed by atoms with Gasteiger partial charge in [-0.3, -0.25) is 0 Å². The minimum absolute atomic E-state index is 0.0188. The van der Waals surface area contributed by atoms with Crippen LogP contribution >= 0.6 is 0 Å². The van der Waals surface area contributed by atoms with Gasteiger partial charge in [-0.25, -0.2) is 18.1 Å². The van der Waals surface area contributed by atoms with Crippen LogP contribution in [0.2, 0.25) is 0 Å². The first-order valence-corrected chi connectivity index (χ1v) is 12.2. The highest BCUT2D eigenvalue weighted by molar-refractivity contribution is 7.89. The highest BCUT2D eigenvalue weighted by atomic mass is 32.2. The molecule has 164 valence electrons. The third-order valence-electron chi connectivity index (χ3n) is 6.72. The molecule has 0 saturated carbocycles. The Morgan fingerprint density at radius 2 is 1.63 bits per heavy atom. The van der Waals surface area contributed by atoms with Crippen LogP contribution in [0.15, 0.2) is 11.0 Å². The van der Waals surface area contributed by atoms with Crippen LogP contribution in [0.1, 0.15) is 65.1 Å². The number of benzene rings is 1. The van der Waals surface area contributed by atoms with Gasteiger partial charge in [-0.1, -0.05) is 6.07 Å². The molecule has 0 aliphatic carbocycles. The van der Waals surface area contributed by atoms with Crippen molar-refractivity contribution in [1.82, 2.24) is 19.1 Å². The van der Waals surface area contributed by atoms with Gasteiger partial charge in [0.15, 0.2) is 0 Å². The minimum Gasteiger partial charge on any atom is -0.381 e. The molecule has 4 rings (SSSR count). The average molecular weight is 433 g/mol. The summed E-state index contributed by atoms with van der Waals surface area (Å²) in [6.07, 6.45) is 2.63. The first-order chi connectivity index (χ1) is 14.2. The van der Waals surface area contributed by atoms with Gasteiger partial charge in [-0.15, -0.1) is 0 Å². The zero-order valence-electron chi connectivity index (χ0n) is 18.6. The van der Waals surface area contributed by atoms with Crippen LogP contribution in [-0.4, -0.2) is 53.8 Å². The Morgan fingerprint density at radius 1 is 1.00 bits per heavy atom. The minimum atomic E-state index is -3.57. The van der Waals surface area contributed by atoms with E-state index in [-0.39, 0.29) is 6.04 Å². The number of hydrogen-bond donors (Lipinski definition) is 0. The summed E-state index contributed by atoms with van der Waals surface area (Å²) in [5, 5.41) is 4.66. The molecule has 0 amide bonds. The molecule has 30 heavy (non-hydrogen) atoms. The van der Waals surface area contributed by atoms with Crippen molar-refractivity contribution in [2.24, 2.45) is 0 Å². The number of aromatic nitrogens is 3. The van der Waals surface area contributed by atoms with Crippen molar-refractivity contribution in [2.75, 3.05) is 26.3 Å². The lowest BCUT2D eigenvalue weighted by Gasteiger charge is -2.24. The number of nitrogens with zero attached hydrogens (tertiary/aromatic N) is 4. The van der Waals surface area contributed by atoms with Gasteiger partial charge >= 0.3 is 0 Å². The fourth-order valence-electron chi connectivity index (χ4n) is 4.77. The topological polar surface area (TPSA) is 77.3 Å². The molecule has 2 saturated heterocycles. The molecule has 2 aliphatic rings. The summed E-state index contributed by atoms with van der Waals surface area (Å²) in [6.45, 7) is 12.1. The molecule has 1 atom stereocenters. The maximum Gasteiger partial charge on any atom is 0.243 e. The van der Waals surface area contributed by atoms with Crippen molar-refractivity contribution in [3.8, 4) is 0 Å². The first kappa shape index (κ1) is 21.5. The van der Waals surface area contributed by atoms with Crippen molar-refractivity contribution in [1.29, 1.82) is 0 Å². The Bertz CT molecular complexity index is 1030. The number of aryl methyl sites for hydroxylation is 3. The smallest absolute Gasteiger partial charge is 0.243 e. The predicted octanol–water partition coefficient (Wildman–Crippen LogP) is 3.35. The van der Waals surface area contributed by atoms with Gasteiger partial charge in [0.05, 0.1) is 10.9 Å². The molecular formula is C22H32N4O3S. The van der Waals surface area contributed by atoms with Gasteiger partial charge in [0.2, 0.25) is 10.0 Å². The highest BCUT2D eigenvalue weighted by Crippen LogP contribution is 2.35. The number of rotatable bonds is 4. The van der Waals surface area contributed by atoms with E-state index >= 15 is 0 Å². The van der Waals surface area contributed by atoms with Crippen LogP contribution in [0, 0.1) is 34.6 Å². The van der Waals surface area contributed by atoms with E-state index in [1.807, 2.05) is 39.3 Å². The molecule has 0 radical (unpaired) electrons. The second kappa shape index (κ2) is 8.05. The third kappa shape index (κ3) is 3.69. The van der Waals surface area contributed by atoms with Crippen molar-refractivity contribution in [3.63, 3.8) is 0 Å². The molecule has 1 unspecified atom stereocenters. The van der Waals surface area contributed by atoms with E-state index in [1.54, 1.807) is 4.31 Å². The second-order valence-corrected chi connectivity index (χ2v) is 10.6. The Balaban J connectivity index is 1.63. The van der Waals surface area contributed by atoms with Crippen molar-refractivity contribution >= 4 is 10.0 Å². The van der Waals surface area contributed by atoms with Gasteiger partial charge in [0, 0.05) is 32.2 Å². The highest BCUT2D eigenvalue weighted by Gasteiger charge is 2.37.